The summed E-state index contributed by atoms with van der Waals surface area (Å²) in [7, 11) is 0. The Labute approximate surface area is 213 Å². The number of nitrogens with two attached hydrogens (primary N) is 1. The van der Waals surface area contributed by atoms with Gasteiger partial charge in [0.05, 0.1) is 29.7 Å². The fraction of sp³-hybridized carbons (Fsp3) is 0.345. The van der Waals surface area contributed by atoms with Gasteiger partial charge in [0, 0.05) is 23.5 Å². The molecule has 1 atom stereocenters. The molecule has 0 saturated carbocycles. The molecule has 7 nitrogen and oxygen atoms in total. The van der Waals surface area contributed by atoms with Crippen molar-refractivity contribution in [3.8, 4) is 6.07 Å². The van der Waals surface area contributed by atoms with E-state index < -0.39 is 11.9 Å². The van der Waals surface area contributed by atoms with Gasteiger partial charge in [0.15, 0.2) is 5.78 Å². The first-order valence-corrected chi connectivity index (χ1v) is 12.3. The highest BCUT2D eigenvalue weighted by molar-refractivity contribution is 6.03. The zero-order valence-corrected chi connectivity index (χ0v) is 21.7. The number of ketones is 1. The van der Waals surface area contributed by atoms with Gasteiger partial charge in [-0.05, 0) is 69.3 Å². The van der Waals surface area contributed by atoms with Crippen molar-refractivity contribution in [2.45, 2.75) is 47.1 Å². The van der Waals surface area contributed by atoms with E-state index in [2.05, 4.69) is 30.9 Å². The summed E-state index contributed by atoms with van der Waals surface area (Å²) < 4.78 is 5.41. The van der Waals surface area contributed by atoms with Crippen LogP contribution in [0, 0.1) is 11.3 Å². The van der Waals surface area contributed by atoms with E-state index in [1.165, 1.54) is 6.92 Å². The molecule has 0 bridgehead atoms. The number of rotatable bonds is 9. The lowest BCUT2D eigenvalue weighted by Gasteiger charge is -2.37. The Morgan fingerprint density at radius 2 is 1.75 bits per heavy atom. The molecule has 2 N–H and O–H groups in total. The molecule has 2 aromatic carbocycles. The van der Waals surface area contributed by atoms with Crippen LogP contribution >= 0.6 is 0 Å². The van der Waals surface area contributed by atoms with Gasteiger partial charge >= 0.3 is 5.97 Å². The van der Waals surface area contributed by atoms with Gasteiger partial charge in [-0.1, -0.05) is 38.1 Å². The largest absolute Gasteiger partial charge is 0.463 e. The van der Waals surface area contributed by atoms with E-state index in [1.54, 1.807) is 36.1 Å². The molecule has 0 spiro atoms. The van der Waals surface area contributed by atoms with E-state index in [0.29, 0.717) is 22.4 Å². The number of carbonyl (C=O) groups excluding carboxylic acids is 2. The first-order chi connectivity index (χ1) is 17.3. The second kappa shape index (κ2) is 11.7. The molecule has 36 heavy (non-hydrogen) atoms. The molecule has 0 aliphatic carbocycles. The molecule has 7 heteroatoms. The molecular formula is C29H34N4O3. The zero-order chi connectivity index (χ0) is 26.4. The van der Waals surface area contributed by atoms with Crippen LogP contribution in [0.25, 0.3) is 0 Å². The fourth-order valence-electron chi connectivity index (χ4n) is 4.73. The second-order valence-corrected chi connectivity index (χ2v) is 8.71. The highest BCUT2D eigenvalue weighted by Gasteiger charge is 2.40. The van der Waals surface area contributed by atoms with Crippen LogP contribution < -0.4 is 10.6 Å². The molecule has 0 fully saturated rings. The van der Waals surface area contributed by atoms with Gasteiger partial charge < -0.3 is 15.4 Å². The molecule has 188 valence electrons. The van der Waals surface area contributed by atoms with Crippen LogP contribution in [-0.4, -0.2) is 36.3 Å². The van der Waals surface area contributed by atoms with Crippen molar-refractivity contribution >= 4 is 17.4 Å². The van der Waals surface area contributed by atoms with Crippen molar-refractivity contribution in [3.63, 3.8) is 0 Å². The topological polar surface area (TPSA) is 99.7 Å². The third-order valence-corrected chi connectivity index (χ3v) is 6.54. The number of Topliss-reactive ketones (excluding diaryl/α,β-unsaturated/α-hetero) is 1. The average Bonchev–Trinajstić information content (AvgIpc) is 2.87. The summed E-state index contributed by atoms with van der Waals surface area (Å²) in [4.78, 5) is 30.4. The normalized spacial score (nSPS) is 15.8. The summed E-state index contributed by atoms with van der Waals surface area (Å²) in [5.74, 6) is -1.21. The van der Waals surface area contributed by atoms with Crippen molar-refractivity contribution in [1.29, 1.82) is 5.26 Å². The highest BCUT2D eigenvalue weighted by atomic mass is 16.5. The van der Waals surface area contributed by atoms with Crippen molar-refractivity contribution in [1.82, 2.24) is 4.90 Å². The van der Waals surface area contributed by atoms with Crippen LogP contribution in [0.4, 0.5) is 5.69 Å². The first kappa shape index (κ1) is 26.7. The van der Waals surface area contributed by atoms with Gasteiger partial charge in [-0.2, -0.15) is 5.26 Å². The Kier molecular flexibility index (Phi) is 8.68. The number of nitrogens with zero attached hydrogens (tertiary/aromatic N) is 3. The minimum Gasteiger partial charge on any atom is -0.463 e. The van der Waals surface area contributed by atoms with Gasteiger partial charge in [-0.3, -0.25) is 9.69 Å². The third-order valence-electron chi connectivity index (χ3n) is 6.54. The van der Waals surface area contributed by atoms with Gasteiger partial charge in [-0.15, -0.1) is 0 Å². The predicted molar refractivity (Wildman–Crippen MR) is 141 cm³/mol. The Morgan fingerprint density at radius 1 is 1.08 bits per heavy atom. The van der Waals surface area contributed by atoms with Crippen LogP contribution in [0.2, 0.25) is 0 Å². The molecule has 0 aromatic heterocycles. The molecule has 1 unspecified atom stereocenters. The molecule has 0 amide bonds. The summed E-state index contributed by atoms with van der Waals surface area (Å²) in [6.45, 7) is 12.1. The maximum Gasteiger partial charge on any atom is 0.338 e. The number of nitriles is 1. The van der Waals surface area contributed by atoms with Crippen LogP contribution in [0.5, 0.6) is 0 Å². The number of ether oxygens (including phenoxy) is 1. The van der Waals surface area contributed by atoms with Gasteiger partial charge in [0.25, 0.3) is 0 Å². The quantitative estimate of drug-likeness (QED) is 0.517. The van der Waals surface area contributed by atoms with Gasteiger partial charge in [0.1, 0.15) is 5.82 Å². The van der Waals surface area contributed by atoms with Crippen molar-refractivity contribution < 1.29 is 14.3 Å². The van der Waals surface area contributed by atoms with E-state index >= 15 is 0 Å². The maximum atomic E-state index is 13.3. The fourth-order valence-corrected chi connectivity index (χ4v) is 4.73. The van der Waals surface area contributed by atoms with E-state index in [9.17, 15) is 14.9 Å². The molecule has 0 saturated heterocycles. The Balaban J connectivity index is 2.22. The third kappa shape index (κ3) is 5.34. The average molecular weight is 487 g/mol. The standard InChI is InChI=1S/C29H34N4O3/c1-6-32(7-2)18-22-10-9-11-24(16-22)33-19(4)25(20(5)34)26(23-14-12-21(17-30)13-15-23)27(28(33)31)29(35)36-8-3/h9-16,26H,6-8,18,31H2,1-5H3. The predicted octanol–water partition coefficient (Wildman–Crippen LogP) is 4.60. The molecular weight excluding hydrogens is 452 g/mol. The first-order valence-electron chi connectivity index (χ1n) is 12.3. The molecule has 1 aliphatic rings. The number of benzene rings is 2. The lowest BCUT2D eigenvalue weighted by atomic mass is 9.79. The SMILES string of the molecule is CCOC(=O)C1=C(N)N(c2cccc(CN(CC)CC)c2)C(C)=C(C(C)=O)C1c1ccc(C#N)cc1. The molecule has 1 heterocycles. The Bertz CT molecular complexity index is 1230. The van der Waals surface area contributed by atoms with E-state index in [4.69, 9.17) is 10.5 Å². The number of allylic oxidation sites excluding steroid dienone is 2. The Morgan fingerprint density at radius 3 is 2.31 bits per heavy atom. The number of anilines is 1. The van der Waals surface area contributed by atoms with Crippen LogP contribution in [-0.2, 0) is 20.9 Å². The van der Waals surface area contributed by atoms with Crippen molar-refractivity contribution in [2.24, 2.45) is 5.73 Å². The number of carbonyl (C=O) groups is 2. The number of esters is 1. The summed E-state index contributed by atoms with van der Waals surface area (Å²) in [5, 5.41) is 9.22. The number of hydrogen-bond donors (Lipinski definition) is 1. The van der Waals surface area contributed by atoms with E-state index in [0.717, 1.165) is 30.9 Å². The lowest BCUT2D eigenvalue weighted by Crippen LogP contribution is -2.38. The summed E-state index contributed by atoms with van der Waals surface area (Å²) in [6, 6.07) is 16.9. The molecule has 2 aromatic rings. The summed E-state index contributed by atoms with van der Waals surface area (Å²) in [6.07, 6.45) is 0. The highest BCUT2D eigenvalue weighted by Crippen LogP contribution is 2.43. The Hall–Kier alpha value is -3.89. The van der Waals surface area contributed by atoms with Crippen LogP contribution in [0.1, 0.15) is 57.2 Å². The summed E-state index contributed by atoms with van der Waals surface area (Å²) in [5.41, 5.74) is 11.1. The van der Waals surface area contributed by atoms with Gasteiger partial charge in [-0.25, -0.2) is 4.79 Å². The minimum atomic E-state index is -0.704. The van der Waals surface area contributed by atoms with Crippen molar-refractivity contribution in [2.75, 3.05) is 24.6 Å². The van der Waals surface area contributed by atoms with E-state index in [-0.39, 0.29) is 23.8 Å². The molecule has 1 aliphatic heterocycles. The van der Waals surface area contributed by atoms with Crippen LogP contribution in [0.15, 0.2) is 71.2 Å². The summed E-state index contributed by atoms with van der Waals surface area (Å²) >= 11 is 0. The maximum absolute atomic E-state index is 13.3. The second-order valence-electron chi connectivity index (χ2n) is 8.71. The van der Waals surface area contributed by atoms with Crippen molar-refractivity contribution in [3.05, 3.63) is 87.9 Å². The smallest absolute Gasteiger partial charge is 0.338 e. The minimum absolute atomic E-state index is 0.166. The monoisotopic (exact) mass is 486 g/mol. The molecule has 3 rings (SSSR count). The zero-order valence-electron chi connectivity index (χ0n) is 21.7. The van der Waals surface area contributed by atoms with Gasteiger partial charge in [0.2, 0.25) is 0 Å². The lowest BCUT2D eigenvalue weighted by molar-refractivity contribution is -0.138. The molecule has 0 radical (unpaired) electrons. The van der Waals surface area contributed by atoms with Crippen LogP contribution in [0.3, 0.4) is 0 Å². The van der Waals surface area contributed by atoms with E-state index in [1.807, 2.05) is 25.1 Å². The number of hydrogen-bond acceptors (Lipinski definition) is 7.